The number of benzene rings is 19. The van der Waals surface area contributed by atoms with Gasteiger partial charge >= 0.3 is 0 Å². The summed E-state index contributed by atoms with van der Waals surface area (Å²) in [5.41, 5.74) is 16.0. The van der Waals surface area contributed by atoms with Crippen molar-refractivity contribution < 1.29 is 0 Å². The SMILES string of the molecule is c1ccc(-n2c3ccccc3c3cc(-c4nc(-c5ccc(-n6c7ccc8ccccc8c7c7c8ccccc8ccc76)cc5)nc(-c5ccc6ccccc6c5)n4)ccc32)cc1.c1ccc2c(c1)ccc1c2c2c3ccccc3ccc2n1-c1ccc(-c2nc(-c3ccc4sc5ccccc5c4c3)nc(-c3cccc4c3sc3ccccc34)n2)cc1. The van der Waals surface area contributed by atoms with E-state index in [1.807, 2.05) is 11.3 Å². The first kappa shape index (κ1) is 68.6. The standard InChI is InChI=1S/C57H35N5.C53H30N4S2/c1-2-16-43(17-3-1)61-49-21-11-10-20-47(49)48-35-42(28-31-50(48)61)57-59-55(58-56(60-57)41-23-22-36-12-4-5-15-40(36)34-41)39-24-29-44(30-25-39)62-51-32-26-37-13-6-8-18-45(37)53(51)54-46-19-9-7-14-38(46)27-33-52(54)62;1-3-12-36-31(10-1)22-27-43-48(36)49-37-13-4-2-11-32(37)23-28-44(49)57(43)35-25-20-33(21-26-35)51-54-52(34-24-29-47-42(30-34)39-15-6-7-18-45(39)58-47)56-53(55-51)41-17-9-16-40-38-14-5-8-19-46(38)59-50(40)41/h1-35H;1-30H. The molecule has 9 nitrogen and oxygen atoms in total. The molecule has 19 aromatic carbocycles. The third kappa shape index (κ3) is 11.1. The van der Waals surface area contributed by atoms with E-state index < -0.39 is 0 Å². The summed E-state index contributed by atoms with van der Waals surface area (Å²) in [6, 6.07) is 141. The monoisotopic (exact) mass is 1580 g/mol. The lowest BCUT2D eigenvalue weighted by Gasteiger charge is -2.12. The van der Waals surface area contributed by atoms with E-state index in [9.17, 15) is 0 Å². The van der Waals surface area contributed by atoms with Gasteiger partial charge in [-0.05, 0) is 206 Å². The van der Waals surface area contributed by atoms with Crippen molar-refractivity contribution in [3.63, 3.8) is 0 Å². The Morgan fingerprint density at radius 3 is 1.03 bits per heavy atom. The average molecular weight is 1580 g/mol. The van der Waals surface area contributed by atoms with Crippen LogP contribution in [-0.4, -0.2) is 43.6 Å². The summed E-state index contributed by atoms with van der Waals surface area (Å²) in [6.45, 7) is 0. The molecule has 26 rings (SSSR count). The van der Waals surface area contributed by atoms with E-state index in [0.717, 1.165) is 72.2 Å². The summed E-state index contributed by atoms with van der Waals surface area (Å²) in [5, 5.41) is 24.6. The van der Waals surface area contributed by atoms with E-state index in [2.05, 4.69) is 408 Å². The van der Waals surface area contributed by atoms with Crippen LogP contribution in [0.25, 0.3) is 245 Å². The zero-order valence-electron chi connectivity index (χ0n) is 64.9. The van der Waals surface area contributed by atoms with Crippen LogP contribution in [0, 0.1) is 0 Å². The fraction of sp³-hybridized carbons (Fsp3) is 0. The molecule has 26 aromatic rings. The lowest BCUT2D eigenvalue weighted by Crippen LogP contribution is -2.01. The Morgan fingerprint density at radius 1 is 0.174 bits per heavy atom. The molecule has 0 atom stereocenters. The van der Waals surface area contributed by atoms with Gasteiger partial charge in [0.25, 0.3) is 0 Å². The first-order valence-corrected chi connectivity index (χ1v) is 42.4. The van der Waals surface area contributed by atoms with E-state index in [4.69, 9.17) is 29.9 Å². The molecule has 0 aliphatic carbocycles. The highest BCUT2D eigenvalue weighted by Gasteiger charge is 2.24. The number of nitrogens with zero attached hydrogens (tertiary/aromatic N) is 9. The number of thiophene rings is 2. The molecule has 121 heavy (non-hydrogen) atoms. The molecule has 0 unspecified atom stereocenters. The van der Waals surface area contributed by atoms with Gasteiger partial charge in [0.05, 0.1) is 33.1 Å². The predicted molar refractivity (Wildman–Crippen MR) is 509 cm³/mol. The summed E-state index contributed by atoms with van der Waals surface area (Å²) >= 11 is 3.61. The molecule has 0 bridgehead atoms. The molecule has 0 saturated heterocycles. The number of fused-ring (bicyclic) bond motifs is 24. The van der Waals surface area contributed by atoms with Crippen molar-refractivity contribution >= 4 is 182 Å². The first-order valence-electron chi connectivity index (χ1n) is 40.8. The Labute approximate surface area is 700 Å². The highest BCUT2D eigenvalue weighted by molar-refractivity contribution is 7.26. The minimum absolute atomic E-state index is 0.621. The van der Waals surface area contributed by atoms with Gasteiger partial charge in [-0.3, -0.25) is 0 Å². The van der Waals surface area contributed by atoms with Gasteiger partial charge in [0.2, 0.25) is 0 Å². The molecule has 7 heterocycles. The average Bonchev–Trinajstić information content (AvgIpc) is 1.56. The lowest BCUT2D eigenvalue weighted by atomic mass is 10.00. The molecule has 0 spiro atoms. The van der Waals surface area contributed by atoms with Gasteiger partial charge in [0.1, 0.15) is 0 Å². The Morgan fingerprint density at radius 2 is 0.504 bits per heavy atom. The van der Waals surface area contributed by atoms with Crippen molar-refractivity contribution in [2.75, 3.05) is 0 Å². The van der Waals surface area contributed by atoms with Gasteiger partial charge in [0.15, 0.2) is 34.9 Å². The van der Waals surface area contributed by atoms with Crippen molar-refractivity contribution in [2.24, 2.45) is 0 Å². The molecule has 0 aliphatic rings. The number of aromatic nitrogens is 9. The van der Waals surface area contributed by atoms with Crippen LogP contribution in [0.4, 0.5) is 0 Å². The minimum atomic E-state index is 0.621. The van der Waals surface area contributed by atoms with Crippen LogP contribution in [0.2, 0.25) is 0 Å². The molecule has 0 amide bonds. The van der Waals surface area contributed by atoms with Crippen molar-refractivity contribution in [2.45, 2.75) is 0 Å². The Hall–Kier alpha value is -15.7. The van der Waals surface area contributed by atoms with E-state index >= 15 is 0 Å². The van der Waals surface area contributed by atoms with Crippen molar-refractivity contribution in [3.8, 4) is 85.4 Å². The Bertz CT molecular complexity index is 8610. The topological polar surface area (TPSA) is 92.1 Å². The summed E-state index contributed by atoms with van der Waals surface area (Å²) < 4.78 is 12.1. The molecule has 11 heteroatoms. The molecule has 0 saturated carbocycles. The van der Waals surface area contributed by atoms with Gasteiger partial charge in [-0.25, -0.2) is 29.9 Å². The van der Waals surface area contributed by atoms with E-state index in [-0.39, 0.29) is 0 Å². The van der Waals surface area contributed by atoms with E-state index in [0.29, 0.717) is 34.9 Å². The molecular formula is C110H65N9S2. The Balaban J connectivity index is 0.000000134. The number of hydrogen-bond acceptors (Lipinski definition) is 8. The first-order chi connectivity index (χ1) is 60.0. The molecular weight excluding hydrogens is 1510 g/mol. The van der Waals surface area contributed by atoms with Crippen LogP contribution >= 0.6 is 22.7 Å². The van der Waals surface area contributed by atoms with Gasteiger partial charge in [0, 0.05) is 123 Å². The fourth-order valence-corrected chi connectivity index (χ4v) is 21.1. The molecule has 0 radical (unpaired) electrons. The third-order valence-electron chi connectivity index (χ3n) is 24.4. The molecule has 7 aromatic heterocycles. The van der Waals surface area contributed by atoms with Crippen LogP contribution in [0.5, 0.6) is 0 Å². The lowest BCUT2D eigenvalue weighted by molar-refractivity contribution is 1.07. The fourth-order valence-electron chi connectivity index (χ4n) is 18.8. The zero-order valence-corrected chi connectivity index (χ0v) is 66.5. The van der Waals surface area contributed by atoms with Gasteiger partial charge < -0.3 is 13.7 Å². The Kier molecular flexibility index (Phi) is 15.6. The number of hydrogen-bond donors (Lipinski definition) is 0. The maximum absolute atomic E-state index is 5.26. The van der Waals surface area contributed by atoms with Gasteiger partial charge in [-0.1, -0.05) is 243 Å². The van der Waals surface area contributed by atoms with Crippen LogP contribution in [0.15, 0.2) is 394 Å². The second kappa shape index (κ2) is 27.5. The highest BCUT2D eigenvalue weighted by Crippen LogP contribution is 2.47. The summed E-state index contributed by atoms with van der Waals surface area (Å²) in [7, 11) is 0. The second-order valence-electron chi connectivity index (χ2n) is 31.2. The molecule has 562 valence electrons. The van der Waals surface area contributed by atoms with Gasteiger partial charge in [-0.2, -0.15) is 0 Å². The van der Waals surface area contributed by atoms with Crippen LogP contribution in [-0.2, 0) is 0 Å². The molecule has 0 fully saturated rings. The quantitative estimate of drug-likeness (QED) is 0.143. The summed E-state index contributed by atoms with van der Waals surface area (Å²) in [4.78, 5) is 31.4. The highest BCUT2D eigenvalue weighted by atomic mass is 32.1. The smallest absolute Gasteiger partial charge is 0.165 e. The predicted octanol–water partition coefficient (Wildman–Crippen LogP) is 29.5. The normalized spacial score (nSPS) is 12.0. The van der Waals surface area contributed by atoms with Crippen LogP contribution < -0.4 is 0 Å². The van der Waals surface area contributed by atoms with Crippen molar-refractivity contribution in [1.82, 2.24) is 43.6 Å². The largest absolute Gasteiger partial charge is 0.309 e. The maximum atomic E-state index is 5.26. The summed E-state index contributed by atoms with van der Waals surface area (Å²) in [6.07, 6.45) is 0. The molecule has 0 aliphatic heterocycles. The van der Waals surface area contributed by atoms with Gasteiger partial charge in [-0.15, -0.1) is 22.7 Å². The van der Waals surface area contributed by atoms with Crippen LogP contribution in [0.3, 0.4) is 0 Å². The van der Waals surface area contributed by atoms with Crippen molar-refractivity contribution in [3.05, 3.63) is 394 Å². The second-order valence-corrected chi connectivity index (χ2v) is 33.3. The van der Waals surface area contributed by atoms with E-state index in [1.165, 1.54) is 138 Å². The zero-order chi connectivity index (χ0) is 79.3. The molecule has 0 N–H and O–H groups in total. The number of para-hydroxylation sites is 2. The summed E-state index contributed by atoms with van der Waals surface area (Å²) in [5.74, 6) is 3.85. The maximum Gasteiger partial charge on any atom is 0.165 e. The third-order valence-corrected chi connectivity index (χ3v) is 26.7. The van der Waals surface area contributed by atoms with Crippen molar-refractivity contribution in [1.29, 1.82) is 0 Å². The van der Waals surface area contributed by atoms with Crippen LogP contribution in [0.1, 0.15) is 0 Å². The minimum Gasteiger partial charge on any atom is -0.309 e. The number of rotatable bonds is 9. The van der Waals surface area contributed by atoms with E-state index in [1.54, 1.807) is 11.3 Å².